The molecule has 1 aliphatic heterocycles. The maximum atomic E-state index is 12.1. The molecule has 0 aromatic heterocycles. The summed E-state index contributed by atoms with van der Waals surface area (Å²) in [4.78, 5) is 24.7. The van der Waals surface area contributed by atoms with E-state index in [9.17, 15) is 14.9 Å². The van der Waals surface area contributed by atoms with E-state index in [1.807, 2.05) is 6.92 Å². The lowest BCUT2D eigenvalue weighted by molar-refractivity contribution is -0.384. The summed E-state index contributed by atoms with van der Waals surface area (Å²) >= 11 is 6.27. The lowest BCUT2D eigenvalue weighted by Crippen LogP contribution is -2.41. The van der Waals surface area contributed by atoms with E-state index in [0.29, 0.717) is 5.02 Å². The SMILES string of the molecule is CCCCNC(=O)C1CCN(c2c(C)cc([N+](=O)[O-])cc2Cl)CC1. The second kappa shape index (κ2) is 8.33. The van der Waals surface area contributed by atoms with E-state index >= 15 is 0 Å². The molecule has 0 atom stereocenters. The summed E-state index contributed by atoms with van der Waals surface area (Å²) < 4.78 is 0. The maximum absolute atomic E-state index is 12.1. The lowest BCUT2D eigenvalue weighted by atomic mass is 9.95. The first-order valence-corrected chi connectivity index (χ1v) is 8.79. The van der Waals surface area contributed by atoms with Crippen molar-refractivity contribution < 1.29 is 9.72 Å². The first-order valence-electron chi connectivity index (χ1n) is 8.41. The third-order valence-electron chi connectivity index (χ3n) is 4.46. The highest BCUT2D eigenvalue weighted by molar-refractivity contribution is 6.33. The fourth-order valence-corrected chi connectivity index (χ4v) is 3.50. The maximum Gasteiger partial charge on any atom is 0.271 e. The van der Waals surface area contributed by atoms with Gasteiger partial charge in [0.15, 0.2) is 0 Å². The van der Waals surface area contributed by atoms with Crippen LogP contribution in [0.3, 0.4) is 0 Å². The molecule has 0 spiro atoms. The molecular formula is C17H24ClN3O3. The Morgan fingerprint density at radius 1 is 1.42 bits per heavy atom. The number of nitrogens with one attached hydrogen (secondary N) is 1. The van der Waals surface area contributed by atoms with Crippen LogP contribution in [0.5, 0.6) is 0 Å². The van der Waals surface area contributed by atoms with Gasteiger partial charge in [0.1, 0.15) is 0 Å². The molecule has 1 N–H and O–H groups in total. The number of nitro groups is 1. The van der Waals surface area contributed by atoms with Crippen molar-refractivity contribution in [3.05, 3.63) is 32.8 Å². The molecule has 6 nitrogen and oxygen atoms in total. The van der Waals surface area contributed by atoms with Crippen LogP contribution in [0.1, 0.15) is 38.2 Å². The van der Waals surface area contributed by atoms with Crippen LogP contribution in [-0.2, 0) is 4.79 Å². The number of carbonyl (C=O) groups excluding carboxylic acids is 1. The van der Waals surface area contributed by atoms with Crippen molar-refractivity contribution >= 4 is 28.9 Å². The summed E-state index contributed by atoms with van der Waals surface area (Å²) in [5.74, 6) is 0.171. The van der Waals surface area contributed by atoms with Crippen LogP contribution < -0.4 is 10.2 Å². The minimum Gasteiger partial charge on any atom is -0.370 e. The van der Waals surface area contributed by atoms with Gasteiger partial charge in [-0.05, 0) is 31.7 Å². The molecular weight excluding hydrogens is 330 g/mol. The van der Waals surface area contributed by atoms with Crippen LogP contribution >= 0.6 is 11.6 Å². The summed E-state index contributed by atoms with van der Waals surface area (Å²) in [6, 6.07) is 2.94. The Morgan fingerprint density at radius 3 is 2.62 bits per heavy atom. The van der Waals surface area contributed by atoms with Gasteiger partial charge >= 0.3 is 0 Å². The number of benzene rings is 1. The number of nitro benzene ring substituents is 1. The van der Waals surface area contributed by atoms with Crippen LogP contribution in [0, 0.1) is 23.0 Å². The Bertz CT molecular complexity index is 590. The molecule has 1 heterocycles. The van der Waals surface area contributed by atoms with Crippen LogP contribution in [-0.4, -0.2) is 30.5 Å². The largest absolute Gasteiger partial charge is 0.370 e. The van der Waals surface area contributed by atoms with E-state index in [0.717, 1.165) is 56.6 Å². The molecule has 132 valence electrons. The summed E-state index contributed by atoms with van der Waals surface area (Å²) in [7, 11) is 0. The van der Waals surface area contributed by atoms with E-state index < -0.39 is 4.92 Å². The zero-order chi connectivity index (χ0) is 17.7. The Balaban J connectivity index is 2.00. The third-order valence-corrected chi connectivity index (χ3v) is 4.75. The predicted molar refractivity (Wildman–Crippen MR) is 95.7 cm³/mol. The van der Waals surface area contributed by atoms with Gasteiger partial charge in [0.2, 0.25) is 5.91 Å². The number of aryl methyl sites for hydroxylation is 1. The van der Waals surface area contributed by atoms with Gasteiger partial charge in [0, 0.05) is 37.7 Å². The van der Waals surface area contributed by atoms with Gasteiger partial charge in [0.05, 0.1) is 15.6 Å². The Morgan fingerprint density at radius 2 is 2.08 bits per heavy atom. The van der Waals surface area contributed by atoms with Crippen LogP contribution in [0.15, 0.2) is 12.1 Å². The lowest BCUT2D eigenvalue weighted by Gasteiger charge is -2.34. The number of halogens is 1. The van der Waals surface area contributed by atoms with Gasteiger partial charge in [-0.1, -0.05) is 24.9 Å². The van der Waals surface area contributed by atoms with Gasteiger partial charge in [-0.15, -0.1) is 0 Å². The van der Waals surface area contributed by atoms with E-state index in [2.05, 4.69) is 17.1 Å². The van der Waals surface area contributed by atoms with E-state index in [1.54, 1.807) is 6.07 Å². The van der Waals surface area contributed by atoms with Crippen molar-refractivity contribution in [2.24, 2.45) is 5.92 Å². The fraction of sp³-hybridized carbons (Fsp3) is 0.588. The molecule has 0 radical (unpaired) electrons. The Hall–Kier alpha value is -1.82. The van der Waals surface area contributed by atoms with Crippen LogP contribution in [0.25, 0.3) is 0 Å². The number of hydrogen-bond acceptors (Lipinski definition) is 4. The molecule has 1 amide bonds. The number of rotatable bonds is 6. The van der Waals surface area contributed by atoms with Crippen LogP contribution in [0.2, 0.25) is 5.02 Å². The van der Waals surface area contributed by atoms with Crippen molar-refractivity contribution in [1.29, 1.82) is 0 Å². The quantitative estimate of drug-likeness (QED) is 0.480. The minimum atomic E-state index is -0.435. The van der Waals surface area contributed by atoms with Crippen LogP contribution in [0.4, 0.5) is 11.4 Å². The van der Waals surface area contributed by atoms with Gasteiger partial charge in [-0.2, -0.15) is 0 Å². The van der Waals surface area contributed by atoms with Crippen molar-refractivity contribution in [1.82, 2.24) is 5.32 Å². The topological polar surface area (TPSA) is 75.5 Å². The molecule has 0 aliphatic carbocycles. The third kappa shape index (κ3) is 4.38. The number of amides is 1. The molecule has 1 aliphatic rings. The number of piperidine rings is 1. The molecule has 7 heteroatoms. The average molecular weight is 354 g/mol. The standard InChI is InChI=1S/C17H24ClN3O3/c1-3-4-7-19-17(22)13-5-8-20(9-6-13)16-12(2)10-14(21(23)24)11-15(16)18/h10-11,13H,3-9H2,1-2H3,(H,19,22). The molecule has 0 bridgehead atoms. The summed E-state index contributed by atoms with van der Waals surface area (Å²) in [5, 5.41) is 14.3. The smallest absolute Gasteiger partial charge is 0.271 e. The summed E-state index contributed by atoms with van der Waals surface area (Å²) in [6.07, 6.45) is 3.61. The van der Waals surface area contributed by atoms with Crippen molar-refractivity contribution in [2.45, 2.75) is 39.5 Å². The minimum absolute atomic E-state index is 0.00596. The van der Waals surface area contributed by atoms with E-state index in [4.69, 9.17) is 11.6 Å². The molecule has 0 saturated carbocycles. The van der Waals surface area contributed by atoms with Crippen molar-refractivity contribution in [2.75, 3.05) is 24.5 Å². The second-order valence-corrected chi connectivity index (χ2v) is 6.66. The first kappa shape index (κ1) is 18.5. The number of hydrogen-bond donors (Lipinski definition) is 1. The number of anilines is 1. The van der Waals surface area contributed by atoms with E-state index in [1.165, 1.54) is 6.07 Å². The second-order valence-electron chi connectivity index (χ2n) is 6.26. The Kier molecular flexibility index (Phi) is 6.43. The fourth-order valence-electron chi connectivity index (χ4n) is 3.12. The molecule has 1 saturated heterocycles. The first-order chi connectivity index (χ1) is 11.4. The normalized spacial score (nSPS) is 15.4. The molecule has 1 aromatic carbocycles. The highest BCUT2D eigenvalue weighted by Gasteiger charge is 2.27. The van der Waals surface area contributed by atoms with Gasteiger partial charge < -0.3 is 10.2 Å². The molecule has 1 aromatic rings. The molecule has 0 unspecified atom stereocenters. The van der Waals surface area contributed by atoms with Gasteiger partial charge in [-0.3, -0.25) is 14.9 Å². The average Bonchev–Trinajstić information content (AvgIpc) is 2.54. The number of unbranched alkanes of at least 4 members (excludes halogenated alkanes) is 1. The number of non-ortho nitro benzene ring substituents is 1. The highest BCUT2D eigenvalue weighted by atomic mass is 35.5. The van der Waals surface area contributed by atoms with Crippen molar-refractivity contribution in [3.63, 3.8) is 0 Å². The number of nitrogens with zero attached hydrogens (tertiary/aromatic N) is 2. The molecule has 2 rings (SSSR count). The predicted octanol–water partition coefficient (Wildman–Crippen LogP) is 3.69. The zero-order valence-electron chi connectivity index (χ0n) is 14.2. The van der Waals surface area contributed by atoms with Crippen molar-refractivity contribution in [3.8, 4) is 0 Å². The summed E-state index contributed by atoms with van der Waals surface area (Å²) in [5.41, 5.74) is 1.64. The molecule has 1 fully saturated rings. The monoisotopic (exact) mass is 353 g/mol. The van der Waals surface area contributed by atoms with E-state index in [-0.39, 0.29) is 17.5 Å². The molecule has 24 heavy (non-hydrogen) atoms. The zero-order valence-corrected chi connectivity index (χ0v) is 14.9. The summed E-state index contributed by atoms with van der Waals surface area (Å²) in [6.45, 7) is 6.12. The van der Waals surface area contributed by atoms with Gasteiger partial charge in [0.25, 0.3) is 5.69 Å². The highest BCUT2D eigenvalue weighted by Crippen LogP contribution is 2.35. The van der Waals surface area contributed by atoms with Gasteiger partial charge in [-0.25, -0.2) is 0 Å². The number of carbonyl (C=O) groups is 1. The Labute approximate surface area is 147 Å².